The Bertz CT molecular complexity index is 513. The zero-order chi connectivity index (χ0) is 15.4. The van der Waals surface area contributed by atoms with Crippen LogP contribution in [0.3, 0.4) is 0 Å². The molecule has 1 fully saturated rings. The Morgan fingerprint density at radius 2 is 1.86 bits per heavy atom. The summed E-state index contributed by atoms with van der Waals surface area (Å²) in [6, 6.07) is 4.94. The quantitative estimate of drug-likeness (QED) is 0.758. The Hall–Kier alpha value is -2.08. The Labute approximate surface area is 123 Å². The molecule has 2 amide bonds. The van der Waals surface area contributed by atoms with E-state index < -0.39 is 11.8 Å². The van der Waals surface area contributed by atoms with Crippen molar-refractivity contribution in [2.24, 2.45) is 11.5 Å². The first-order valence-electron chi connectivity index (χ1n) is 7.12. The summed E-state index contributed by atoms with van der Waals surface area (Å²) in [5.74, 6) is -1.17. The minimum Gasteiger partial charge on any atom is -0.382 e. The Kier molecular flexibility index (Phi) is 4.80. The van der Waals surface area contributed by atoms with E-state index in [1.54, 1.807) is 12.1 Å². The Balaban J connectivity index is 2.18. The summed E-state index contributed by atoms with van der Waals surface area (Å²) in [4.78, 5) is 22.7. The molecule has 114 valence electrons. The normalized spacial score (nSPS) is 21.8. The minimum absolute atomic E-state index is 0.242. The Morgan fingerprint density at radius 3 is 2.38 bits per heavy atom. The van der Waals surface area contributed by atoms with Crippen LogP contribution in [-0.2, 0) is 4.74 Å². The van der Waals surface area contributed by atoms with Gasteiger partial charge < -0.3 is 21.5 Å². The molecule has 6 heteroatoms. The second-order valence-corrected chi connectivity index (χ2v) is 5.29. The number of benzene rings is 1. The van der Waals surface area contributed by atoms with E-state index in [1.807, 2.05) is 0 Å². The summed E-state index contributed by atoms with van der Waals surface area (Å²) in [6.07, 6.45) is 2.98. The van der Waals surface area contributed by atoms with Gasteiger partial charge in [-0.2, -0.15) is 0 Å². The van der Waals surface area contributed by atoms with Crippen molar-refractivity contribution in [2.45, 2.75) is 38.3 Å². The molecule has 2 rings (SSSR count). The average Bonchev–Trinajstić information content (AvgIpc) is 2.47. The van der Waals surface area contributed by atoms with Gasteiger partial charge >= 0.3 is 0 Å². The van der Waals surface area contributed by atoms with Crippen molar-refractivity contribution in [3.8, 4) is 0 Å². The van der Waals surface area contributed by atoms with Crippen molar-refractivity contribution in [3.63, 3.8) is 0 Å². The third kappa shape index (κ3) is 3.95. The number of hydrogen-bond donors (Lipinski definition) is 3. The predicted molar refractivity (Wildman–Crippen MR) is 80.2 cm³/mol. The van der Waals surface area contributed by atoms with E-state index in [0.29, 0.717) is 12.3 Å². The van der Waals surface area contributed by atoms with E-state index >= 15 is 0 Å². The van der Waals surface area contributed by atoms with E-state index in [1.165, 1.54) is 6.07 Å². The number of ether oxygens (including phenoxy) is 1. The van der Waals surface area contributed by atoms with Crippen LogP contribution in [0, 0.1) is 0 Å². The molecular formula is C15H21N3O3. The number of rotatable bonds is 5. The van der Waals surface area contributed by atoms with Crippen LogP contribution in [0.2, 0.25) is 0 Å². The van der Waals surface area contributed by atoms with Gasteiger partial charge in [-0.25, -0.2) is 0 Å². The van der Waals surface area contributed by atoms with E-state index in [2.05, 4.69) is 12.2 Å². The second kappa shape index (κ2) is 6.58. The molecule has 0 bridgehead atoms. The van der Waals surface area contributed by atoms with Gasteiger partial charge in [-0.1, -0.05) is 6.92 Å². The van der Waals surface area contributed by atoms with Crippen LogP contribution in [0.15, 0.2) is 18.2 Å². The zero-order valence-electron chi connectivity index (χ0n) is 12.1. The van der Waals surface area contributed by atoms with Gasteiger partial charge in [0.1, 0.15) is 0 Å². The first kappa shape index (κ1) is 15.3. The number of nitrogens with one attached hydrogen (secondary N) is 1. The molecule has 0 aliphatic carbocycles. The van der Waals surface area contributed by atoms with Crippen molar-refractivity contribution in [3.05, 3.63) is 29.3 Å². The van der Waals surface area contributed by atoms with Crippen LogP contribution >= 0.6 is 0 Å². The smallest absolute Gasteiger partial charge is 0.248 e. The van der Waals surface area contributed by atoms with Crippen LogP contribution in [0.1, 0.15) is 46.9 Å². The van der Waals surface area contributed by atoms with Crippen molar-refractivity contribution >= 4 is 17.5 Å². The fraction of sp³-hybridized carbons (Fsp3) is 0.467. The first-order valence-corrected chi connectivity index (χ1v) is 7.12. The Morgan fingerprint density at radius 1 is 1.24 bits per heavy atom. The standard InChI is InChI=1S/C15H21N3O3/c1-2-13-8-11(3-4-21-13)18-12-6-9(14(16)19)5-10(7-12)15(17)20/h5-7,11,13,18H,2-4,8H2,1H3,(H2,16,19)(H2,17,20). The van der Waals surface area contributed by atoms with Crippen LogP contribution in [0.25, 0.3) is 0 Å². The van der Waals surface area contributed by atoms with Crippen molar-refractivity contribution in [1.29, 1.82) is 0 Å². The van der Waals surface area contributed by atoms with Gasteiger partial charge in [0.25, 0.3) is 0 Å². The minimum atomic E-state index is -0.584. The molecule has 1 heterocycles. The first-order chi connectivity index (χ1) is 9.99. The highest BCUT2D eigenvalue weighted by Gasteiger charge is 2.21. The molecule has 0 spiro atoms. The average molecular weight is 291 g/mol. The molecule has 1 aromatic carbocycles. The summed E-state index contributed by atoms with van der Waals surface area (Å²) in [6.45, 7) is 2.79. The predicted octanol–water partition coefficient (Wildman–Crippen LogP) is 1.25. The van der Waals surface area contributed by atoms with Crippen LogP contribution in [0.4, 0.5) is 5.69 Å². The monoisotopic (exact) mass is 291 g/mol. The van der Waals surface area contributed by atoms with Gasteiger partial charge in [0.15, 0.2) is 0 Å². The molecule has 1 aliphatic heterocycles. The lowest BCUT2D eigenvalue weighted by Gasteiger charge is -2.30. The molecule has 0 saturated carbocycles. The summed E-state index contributed by atoms with van der Waals surface area (Å²) in [5, 5.41) is 3.34. The maximum Gasteiger partial charge on any atom is 0.248 e. The second-order valence-electron chi connectivity index (χ2n) is 5.29. The third-order valence-electron chi connectivity index (χ3n) is 3.70. The van der Waals surface area contributed by atoms with Crippen LogP contribution in [0.5, 0.6) is 0 Å². The van der Waals surface area contributed by atoms with Crippen LogP contribution in [-0.4, -0.2) is 30.6 Å². The highest BCUT2D eigenvalue weighted by atomic mass is 16.5. The van der Waals surface area contributed by atoms with Gasteiger partial charge in [-0.05, 0) is 37.5 Å². The summed E-state index contributed by atoms with van der Waals surface area (Å²) < 4.78 is 5.63. The molecule has 0 radical (unpaired) electrons. The number of amides is 2. The zero-order valence-corrected chi connectivity index (χ0v) is 12.1. The van der Waals surface area contributed by atoms with Crippen LogP contribution < -0.4 is 16.8 Å². The van der Waals surface area contributed by atoms with Gasteiger partial charge in [0, 0.05) is 29.5 Å². The topological polar surface area (TPSA) is 107 Å². The molecule has 21 heavy (non-hydrogen) atoms. The van der Waals surface area contributed by atoms with Crippen molar-refractivity contribution in [2.75, 3.05) is 11.9 Å². The number of nitrogens with two attached hydrogens (primary N) is 2. The van der Waals surface area contributed by atoms with E-state index in [9.17, 15) is 9.59 Å². The molecule has 2 atom stereocenters. The molecule has 2 unspecified atom stereocenters. The van der Waals surface area contributed by atoms with Gasteiger partial charge in [-0.15, -0.1) is 0 Å². The summed E-state index contributed by atoms with van der Waals surface area (Å²) >= 11 is 0. The van der Waals surface area contributed by atoms with E-state index in [4.69, 9.17) is 16.2 Å². The molecule has 5 N–H and O–H groups in total. The molecular weight excluding hydrogens is 270 g/mol. The fourth-order valence-electron chi connectivity index (χ4n) is 2.53. The molecule has 1 aromatic rings. The van der Waals surface area contributed by atoms with E-state index in [-0.39, 0.29) is 23.3 Å². The number of hydrogen-bond acceptors (Lipinski definition) is 4. The lowest BCUT2D eigenvalue weighted by molar-refractivity contribution is 0.00925. The molecule has 1 saturated heterocycles. The highest BCUT2D eigenvalue weighted by Crippen LogP contribution is 2.22. The number of carbonyl (C=O) groups excluding carboxylic acids is 2. The SMILES string of the molecule is CCC1CC(Nc2cc(C(N)=O)cc(C(N)=O)c2)CCO1. The fourth-order valence-corrected chi connectivity index (χ4v) is 2.53. The van der Waals surface area contributed by atoms with Gasteiger partial charge in [-0.3, -0.25) is 9.59 Å². The van der Waals surface area contributed by atoms with Crippen molar-refractivity contribution in [1.82, 2.24) is 0 Å². The maximum absolute atomic E-state index is 11.3. The lowest BCUT2D eigenvalue weighted by Crippen LogP contribution is -2.33. The number of primary amides is 2. The van der Waals surface area contributed by atoms with Gasteiger partial charge in [0.2, 0.25) is 11.8 Å². The highest BCUT2D eigenvalue weighted by molar-refractivity contribution is 5.99. The summed E-state index contributed by atoms with van der Waals surface area (Å²) in [5.41, 5.74) is 11.8. The molecule has 0 aromatic heterocycles. The molecule has 6 nitrogen and oxygen atoms in total. The van der Waals surface area contributed by atoms with Gasteiger partial charge in [0.05, 0.1) is 6.10 Å². The maximum atomic E-state index is 11.3. The van der Waals surface area contributed by atoms with E-state index in [0.717, 1.165) is 19.3 Å². The van der Waals surface area contributed by atoms with Crippen molar-refractivity contribution < 1.29 is 14.3 Å². The molecule has 1 aliphatic rings. The largest absolute Gasteiger partial charge is 0.382 e. The third-order valence-corrected chi connectivity index (χ3v) is 3.70. The summed E-state index contributed by atoms with van der Waals surface area (Å²) in [7, 11) is 0. The lowest BCUT2D eigenvalue weighted by atomic mass is 10.0. The number of anilines is 1. The number of carbonyl (C=O) groups is 2.